The van der Waals surface area contributed by atoms with Gasteiger partial charge in [-0.05, 0) is 29.9 Å². The highest BCUT2D eigenvalue weighted by Crippen LogP contribution is 2.40. The van der Waals surface area contributed by atoms with Crippen molar-refractivity contribution in [3.8, 4) is 0 Å². The van der Waals surface area contributed by atoms with E-state index in [0.717, 1.165) is 5.56 Å². The van der Waals surface area contributed by atoms with E-state index in [2.05, 4.69) is 17.4 Å². The molecule has 0 amide bonds. The normalized spacial score (nSPS) is 14.7. The van der Waals surface area contributed by atoms with Gasteiger partial charge in [-0.3, -0.25) is 0 Å². The first-order chi connectivity index (χ1) is 7.22. The SMILES string of the molecule is C=C(C(=O)OC)c1cccc(C2CC2)c1. The maximum Gasteiger partial charge on any atom is 0.337 e. The Morgan fingerprint density at radius 2 is 2.20 bits per heavy atom. The molecule has 0 radical (unpaired) electrons. The van der Waals surface area contributed by atoms with Gasteiger partial charge in [0.1, 0.15) is 0 Å². The van der Waals surface area contributed by atoms with E-state index >= 15 is 0 Å². The van der Waals surface area contributed by atoms with E-state index in [1.54, 1.807) is 0 Å². The Labute approximate surface area is 89.6 Å². The van der Waals surface area contributed by atoms with Crippen molar-refractivity contribution in [1.29, 1.82) is 0 Å². The van der Waals surface area contributed by atoms with Crippen LogP contribution < -0.4 is 0 Å². The summed E-state index contributed by atoms with van der Waals surface area (Å²) in [6.07, 6.45) is 2.52. The molecular weight excluding hydrogens is 188 g/mol. The third kappa shape index (κ3) is 2.09. The van der Waals surface area contributed by atoms with E-state index in [9.17, 15) is 4.79 Å². The first-order valence-corrected chi connectivity index (χ1v) is 5.10. The molecule has 2 rings (SSSR count). The highest BCUT2D eigenvalue weighted by Gasteiger charge is 2.23. The predicted octanol–water partition coefficient (Wildman–Crippen LogP) is 2.75. The molecule has 2 heteroatoms. The van der Waals surface area contributed by atoms with Gasteiger partial charge in [-0.1, -0.05) is 30.8 Å². The number of carbonyl (C=O) groups is 1. The van der Waals surface area contributed by atoms with Gasteiger partial charge in [0.25, 0.3) is 0 Å². The van der Waals surface area contributed by atoms with E-state index in [4.69, 9.17) is 0 Å². The second kappa shape index (κ2) is 3.89. The Hall–Kier alpha value is -1.57. The van der Waals surface area contributed by atoms with Crippen molar-refractivity contribution in [2.45, 2.75) is 18.8 Å². The van der Waals surface area contributed by atoms with Gasteiger partial charge in [0, 0.05) is 0 Å². The zero-order valence-corrected chi connectivity index (χ0v) is 8.82. The van der Waals surface area contributed by atoms with Crippen molar-refractivity contribution in [3.63, 3.8) is 0 Å². The molecule has 0 spiro atoms. The van der Waals surface area contributed by atoms with Crippen molar-refractivity contribution in [1.82, 2.24) is 0 Å². The number of esters is 1. The lowest BCUT2D eigenvalue weighted by Crippen LogP contribution is -2.02. The Morgan fingerprint density at radius 3 is 2.80 bits per heavy atom. The molecule has 1 saturated carbocycles. The van der Waals surface area contributed by atoms with Crippen molar-refractivity contribution in [2.75, 3.05) is 7.11 Å². The fourth-order valence-corrected chi connectivity index (χ4v) is 1.64. The topological polar surface area (TPSA) is 26.3 Å². The van der Waals surface area contributed by atoms with Crippen LogP contribution >= 0.6 is 0 Å². The largest absolute Gasteiger partial charge is 0.465 e. The Balaban J connectivity index is 2.24. The maximum atomic E-state index is 11.3. The molecule has 2 nitrogen and oxygen atoms in total. The van der Waals surface area contributed by atoms with Crippen LogP contribution in [-0.2, 0) is 9.53 Å². The Kier molecular flexibility index (Phi) is 2.58. The van der Waals surface area contributed by atoms with E-state index in [-0.39, 0.29) is 5.97 Å². The third-order valence-electron chi connectivity index (χ3n) is 2.72. The molecule has 0 aromatic heterocycles. The number of rotatable bonds is 3. The van der Waals surface area contributed by atoms with Crippen LogP contribution in [0.4, 0.5) is 0 Å². The summed E-state index contributed by atoms with van der Waals surface area (Å²) in [5.74, 6) is 0.332. The fourth-order valence-electron chi connectivity index (χ4n) is 1.64. The van der Waals surface area contributed by atoms with Crippen molar-refractivity contribution in [3.05, 3.63) is 42.0 Å². The second-order valence-corrected chi connectivity index (χ2v) is 3.87. The number of hydrogen-bond donors (Lipinski definition) is 0. The minimum atomic E-state index is -0.358. The van der Waals surface area contributed by atoms with Gasteiger partial charge in [0.05, 0.1) is 12.7 Å². The first-order valence-electron chi connectivity index (χ1n) is 5.10. The summed E-state index contributed by atoms with van der Waals surface area (Å²) >= 11 is 0. The molecule has 0 bridgehead atoms. The monoisotopic (exact) mass is 202 g/mol. The molecule has 0 aliphatic heterocycles. The summed E-state index contributed by atoms with van der Waals surface area (Å²) in [5, 5.41) is 0. The lowest BCUT2D eigenvalue weighted by molar-refractivity contribution is -0.133. The molecular formula is C13H14O2. The molecule has 0 saturated heterocycles. The van der Waals surface area contributed by atoms with Crippen LogP contribution in [0.5, 0.6) is 0 Å². The summed E-state index contributed by atoms with van der Waals surface area (Å²) < 4.78 is 4.64. The average molecular weight is 202 g/mol. The van der Waals surface area contributed by atoms with E-state index in [0.29, 0.717) is 11.5 Å². The molecule has 1 aromatic carbocycles. The van der Waals surface area contributed by atoms with Crippen molar-refractivity contribution in [2.24, 2.45) is 0 Å². The molecule has 0 atom stereocenters. The van der Waals surface area contributed by atoms with E-state index in [1.807, 2.05) is 18.2 Å². The number of benzene rings is 1. The van der Waals surface area contributed by atoms with Crippen LogP contribution in [0.25, 0.3) is 5.57 Å². The van der Waals surface area contributed by atoms with Crippen LogP contribution in [0.3, 0.4) is 0 Å². The van der Waals surface area contributed by atoms with Crippen LogP contribution in [0.15, 0.2) is 30.8 Å². The summed E-state index contributed by atoms with van der Waals surface area (Å²) in [6.45, 7) is 3.74. The lowest BCUT2D eigenvalue weighted by Gasteiger charge is -2.05. The molecule has 0 N–H and O–H groups in total. The molecule has 1 fully saturated rings. The number of hydrogen-bond acceptors (Lipinski definition) is 2. The summed E-state index contributed by atoms with van der Waals surface area (Å²) in [5.41, 5.74) is 2.60. The van der Waals surface area contributed by atoms with Crippen LogP contribution in [-0.4, -0.2) is 13.1 Å². The maximum absolute atomic E-state index is 11.3. The van der Waals surface area contributed by atoms with E-state index in [1.165, 1.54) is 25.5 Å². The summed E-state index contributed by atoms with van der Waals surface area (Å²) in [4.78, 5) is 11.3. The molecule has 1 aromatic rings. The van der Waals surface area contributed by atoms with Gasteiger partial charge in [0.2, 0.25) is 0 Å². The number of carbonyl (C=O) groups excluding carboxylic acids is 1. The van der Waals surface area contributed by atoms with Crippen LogP contribution in [0.2, 0.25) is 0 Å². The highest BCUT2D eigenvalue weighted by atomic mass is 16.5. The average Bonchev–Trinajstić information content (AvgIpc) is 3.11. The van der Waals surface area contributed by atoms with Crippen LogP contribution in [0.1, 0.15) is 29.9 Å². The van der Waals surface area contributed by atoms with Gasteiger partial charge in [0.15, 0.2) is 0 Å². The minimum absolute atomic E-state index is 0.358. The summed E-state index contributed by atoms with van der Waals surface area (Å²) in [6, 6.07) is 8.00. The molecule has 78 valence electrons. The van der Waals surface area contributed by atoms with Crippen molar-refractivity contribution < 1.29 is 9.53 Å². The Bertz CT molecular complexity index is 403. The van der Waals surface area contributed by atoms with Crippen molar-refractivity contribution >= 4 is 11.5 Å². The van der Waals surface area contributed by atoms with Crippen LogP contribution in [0, 0.1) is 0 Å². The smallest absolute Gasteiger partial charge is 0.337 e. The predicted molar refractivity (Wildman–Crippen MR) is 59.5 cm³/mol. The Morgan fingerprint density at radius 1 is 1.47 bits per heavy atom. The summed E-state index contributed by atoms with van der Waals surface area (Å²) in [7, 11) is 1.37. The van der Waals surface area contributed by atoms with Gasteiger partial charge in [-0.25, -0.2) is 4.79 Å². The second-order valence-electron chi connectivity index (χ2n) is 3.87. The van der Waals surface area contributed by atoms with E-state index < -0.39 is 0 Å². The number of methoxy groups -OCH3 is 1. The lowest BCUT2D eigenvalue weighted by atomic mass is 10.0. The highest BCUT2D eigenvalue weighted by molar-refractivity contribution is 6.15. The molecule has 0 heterocycles. The molecule has 1 aliphatic rings. The van der Waals surface area contributed by atoms with Gasteiger partial charge in [-0.15, -0.1) is 0 Å². The zero-order valence-electron chi connectivity index (χ0n) is 8.82. The van der Waals surface area contributed by atoms with Gasteiger partial charge >= 0.3 is 5.97 Å². The quantitative estimate of drug-likeness (QED) is 0.556. The third-order valence-corrected chi connectivity index (χ3v) is 2.72. The number of ether oxygens (including phenoxy) is 1. The van der Waals surface area contributed by atoms with Gasteiger partial charge in [-0.2, -0.15) is 0 Å². The standard InChI is InChI=1S/C13H14O2/c1-9(13(14)15-2)11-4-3-5-12(8-11)10-6-7-10/h3-5,8,10H,1,6-7H2,2H3. The van der Waals surface area contributed by atoms with Gasteiger partial charge < -0.3 is 4.74 Å². The minimum Gasteiger partial charge on any atom is -0.465 e. The molecule has 15 heavy (non-hydrogen) atoms. The zero-order chi connectivity index (χ0) is 10.8. The molecule has 1 aliphatic carbocycles. The first kappa shape index (κ1) is 9.97. The fraction of sp³-hybridized carbons (Fsp3) is 0.308. The molecule has 0 unspecified atom stereocenters.